The number of nitrogens with zero attached hydrogens (tertiary/aromatic N) is 2. The zero-order valence-electron chi connectivity index (χ0n) is 13.5. The lowest BCUT2D eigenvalue weighted by Crippen LogP contribution is -2.26. The molecule has 0 radical (unpaired) electrons. The quantitative estimate of drug-likeness (QED) is 0.628. The number of nitrogens with one attached hydrogen (secondary N) is 1. The zero-order valence-corrected chi connectivity index (χ0v) is 13.5. The third-order valence-corrected chi connectivity index (χ3v) is 3.26. The number of hydrazone groups is 1. The highest BCUT2D eigenvalue weighted by Gasteiger charge is 2.05. The number of carbonyl (C=O) groups is 1. The van der Waals surface area contributed by atoms with E-state index in [0.717, 1.165) is 24.1 Å². The maximum Gasteiger partial charge on any atom is 0.277 e. The molecule has 0 aliphatic carbocycles. The van der Waals surface area contributed by atoms with Crippen LogP contribution < -0.4 is 10.2 Å². The van der Waals surface area contributed by atoms with Gasteiger partial charge in [-0.15, -0.1) is 0 Å². The van der Waals surface area contributed by atoms with Crippen molar-refractivity contribution in [2.45, 2.75) is 19.8 Å². The number of hydrogen-bond acceptors (Lipinski definition) is 4. The summed E-state index contributed by atoms with van der Waals surface area (Å²) in [6.45, 7) is 1.93. The van der Waals surface area contributed by atoms with Crippen LogP contribution in [0.1, 0.15) is 30.9 Å². The molecule has 0 aliphatic heterocycles. The van der Waals surface area contributed by atoms with Crippen molar-refractivity contribution < 1.29 is 9.53 Å². The topological polar surface area (TPSA) is 74.5 Å². The second kappa shape index (κ2) is 9.11. The van der Waals surface area contributed by atoms with Crippen LogP contribution in [0.5, 0.6) is 5.75 Å². The van der Waals surface area contributed by atoms with Crippen molar-refractivity contribution in [2.75, 3.05) is 6.61 Å². The molecule has 0 fully saturated rings. The van der Waals surface area contributed by atoms with Gasteiger partial charge in [-0.05, 0) is 36.2 Å². The summed E-state index contributed by atoms with van der Waals surface area (Å²) in [7, 11) is 0. The minimum atomic E-state index is -0.330. The van der Waals surface area contributed by atoms with E-state index in [1.165, 1.54) is 0 Å². The Labute approximate surface area is 141 Å². The van der Waals surface area contributed by atoms with Crippen molar-refractivity contribution >= 4 is 11.6 Å². The lowest BCUT2D eigenvalue weighted by Gasteiger charge is -2.07. The fourth-order valence-electron chi connectivity index (χ4n) is 2.07. The van der Waals surface area contributed by atoms with Crippen molar-refractivity contribution in [2.24, 2.45) is 5.10 Å². The molecule has 0 unspecified atom stereocenters. The van der Waals surface area contributed by atoms with Gasteiger partial charge in [0.05, 0.1) is 17.3 Å². The average molecular weight is 321 g/mol. The van der Waals surface area contributed by atoms with Gasteiger partial charge in [-0.2, -0.15) is 10.4 Å². The van der Waals surface area contributed by atoms with Crippen molar-refractivity contribution in [3.05, 3.63) is 65.7 Å². The summed E-state index contributed by atoms with van der Waals surface area (Å²) in [6, 6.07) is 18.4. The molecular formula is C19H19N3O2. The number of nitriles is 1. The maximum absolute atomic E-state index is 11.9. The number of amides is 1. The average Bonchev–Trinajstić information content (AvgIpc) is 2.64. The molecule has 2 rings (SSSR count). The third-order valence-electron chi connectivity index (χ3n) is 3.26. The van der Waals surface area contributed by atoms with Crippen LogP contribution in [0.2, 0.25) is 0 Å². The molecule has 0 atom stereocenters. The van der Waals surface area contributed by atoms with Crippen LogP contribution in [-0.2, 0) is 4.79 Å². The zero-order chi connectivity index (χ0) is 17.2. The monoisotopic (exact) mass is 321 g/mol. The Morgan fingerprint density at radius 3 is 2.50 bits per heavy atom. The van der Waals surface area contributed by atoms with Gasteiger partial charge in [0, 0.05) is 0 Å². The van der Waals surface area contributed by atoms with E-state index in [1.54, 1.807) is 24.3 Å². The van der Waals surface area contributed by atoms with Crippen LogP contribution in [0.15, 0.2) is 59.7 Å². The number of carbonyl (C=O) groups excluding carboxylic acids is 1. The second-order valence-corrected chi connectivity index (χ2v) is 5.13. The Morgan fingerprint density at radius 1 is 1.17 bits per heavy atom. The van der Waals surface area contributed by atoms with Gasteiger partial charge in [-0.3, -0.25) is 4.79 Å². The van der Waals surface area contributed by atoms with Crippen molar-refractivity contribution in [1.82, 2.24) is 5.43 Å². The highest BCUT2D eigenvalue weighted by molar-refractivity contribution is 6.01. The van der Waals surface area contributed by atoms with Gasteiger partial charge in [0.15, 0.2) is 6.61 Å². The molecule has 0 bridgehead atoms. The standard InChI is InChI=1S/C19H19N3O2/c1-2-6-18(16-7-4-3-5-8-16)21-22-19(23)14-24-17-11-9-15(13-20)10-12-17/h3-5,7-12H,2,6,14H2,1H3,(H,22,23)/b21-18+. The summed E-state index contributed by atoms with van der Waals surface area (Å²) in [5.41, 5.74) is 4.91. The predicted octanol–water partition coefficient (Wildman–Crippen LogP) is 3.26. The molecule has 0 saturated carbocycles. The van der Waals surface area contributed by atoms with Crippen LogP contribution in [0.3, 0.4) is 0 Å². The Hall–Kier alpha value is -3.13. The first-order valence-electron chi connectivity index (χ1n) is 7.76. The molecule has 24 heavy (non-hydrogen) atoms. The molecule has 2 aromatic carbocycles. The first-order valence-corrected chi connectivity index (χ1v) is 7.76. The van der Waals surface area contributed by atoms with Crippen molar-refractivity contribution in [3.63, 3.8) is 0 Å². The molecule has 5 nitrogen and oxygen atoms in total. The van der Waals surface area contributed by atoms with Gasteiger partial charge in [0.1, 0.15) is 5.75 Å². The predicted molar refractivity (Wildman–Crippen MR) is 92.7 cm³/mol. The van der Waals surface area contributed by atoms with Crippen LogP contribution in [0.4, 0.5) is 0 Å². The van der Waals surface area contributed by atoms with E-state index >= 15 is 0 Å². The fourth-order valence-corrected chi connectivity index (χ4v) is 2.07. The lowest BCUT2D eigenvalue weighted by atomic mass is 10.1. The molecule has 1 N–H and O–H groups in total. The van der Waals surface area contributed by atoms with E-state index in [2.05, 4.69) is 17.5 Å². The maximum atomic E-state index is 11.9. The summed E-state index contributed by atoms with van der Waals surface area (Å²) in [6.07, 6.45) is 1.71. The van der Waals surface area contributed by atoms with Crippen molar-refractivity contribution in [3.8, 4) is 11.8 Å². The van der Waals surface area contributed by atoms with E-state index in [0.29, 0.717) is 11.3 Å². The summed E-state index contributed by atoms with van der Waals surface area (Å²) >= 11 is 0. The molecule has 122 valence electrons. The first-order chi connectivity index (χ1) is 11.7. The summed E-state index contributed by atoms with van der Waals surface area (Å²) in [5.74, 6) is 0.203. The van der Waals surface area contributed by atoms with Gasteiger partial charge >= 0.3 is 0 Å². The van der Waals surface area contributed by atoms with Gasteiger partial charge in [0.2, 0.25) is 0 Å². The summed E-state index contributed by atoms with van der Waals surface area (Å²) in [5, 5.41) is 13.0. The van der Waals surface area contributed by atoms with Crippen LogP contribution >= 0.6 is 0 Å². The van der Waals surface area contributed by atoms with E-state index in [9.17, 15) is 4.79 Å². The normalized spacial score (nSPS) is 10.8. The highest BCUT2D eigenvalue weighted by Crippen LogP contribution is 2.11. The molecule has 5 heteroatoms. The second-order valence-electron chi connectivity index (χ2n) is 5.13. The molecule has 1 amide bonds. The van der Waals surface area contributed by atoms with Gasteiger partial charge < -0.3 is 4.74 Å². The van der Waals surface area contributed by atoms with Gasteiger partial charge in [-0.1, -0.05) is 43.7 Å². The first kappa shape index (κ1) is 17.2. The highest BCUT2D eigenvalue weighted by atomic mass is 16.5. The molecule has 0 aliphatic rings. The third kappa shape index (κ3) is 5.25. The molecule has 0 aromatic heterocycles. The summed E-state index contributed by atoms with van der Waals surface area (Å²) in [4.78, 5) is 11.9. The Balaban J connectivity index is 1.91. The number of ether oxygens (including phenoxy) is 1. The fraction of sp³-hybridized carbons (Fsp3) is 0.211. The number of hydrogen-bond donors (Lipinski definition) is 1. The molecule has 0 spiro atoms. The summed E-state index contributed by atoms with van der Waals surface area (Å²) < 4.78 is 5.37. The Kier molecular flexibility index (Phi) is 6.54. The molecule has 0 heterocycles. The number of rotatable bonds is 7. The molecular weight excluding hydrogens is 302 g/mol. The molecule has 2 aromatic rings. The Morgan fingerprint density at radius 2 is 1.88 bits per heavy atom. The SMILES string of the molecule is CCC/C(=N\NC(=O)COc1ccc(C#N)cc1)c1ccccc1. The Bertz CT molecular complexity index is 731. The van der Waals surface area contributed by atoms with Gasteiger partial charge in [0.25, 0.3) is 5.91 Å². The molecule has 0 saturated heterocycles. The smallest absolute Gasteiger partial charge is 0.277 e. The van der Waals surface area contributed by atoms with Crippen molar-refractivity contribution in [1.29, 1.82) is 5.26 Å². The minimum Gasteiger partial charge on any atom is -0.484 e. The minimum absolute atomic E-state index is 0.135. The van der Waals surface area contributed by atoms with E-state index in [4.69, 9.17) is 10.00 Å². The largest absolute Gasteiger partial charge is 0.484 e. The van der Waals surface area contributed by atoms with E-state index in [-0.39, 0.29) is 12.5 Å². The van der Waals surface area contributed by atoms with E-state index < -0.39 is 0 Å². The van der Waals surface area contributed by atoms with Crippen LogP contribution in [0, 0.1) is 11.3 Å². The lowest BCUT2D eigenvalue weighted by molar-refractivity contribution is -0.123. The van der Waals surface area contributed by atoms with Gasteiger partial charge in [-0.25, -0.2) is 5.43 Å². The van der Waals surface area contributed by atoms with Crippen LogP contribution in [0.25, 0.3) is 0 Å². The number of benzene rings is 2. The van der Waals surface area contributed by atoms with Crippen LogP contribution in [-0.4, -0.2) is 18.2 Å². The van der Waals surface area contributed by atoms with E-state index in [1.807, 2.05) is 36.4 Å².